The monoisotopic (exact) mass is 450 g/mol. The Morgan fingerprint density at radius 2 is 1.84 bits per heavy atom. The average molecular weight is 451 g/mol. The summed E-state index contributed by atoms with van der Waals surface area (Å²) in [5.74, 6) is 0.311. The van der Waals surface area contributed by atoms with E-state index in [1.807, 2.05) is 70.4 Å². The average Bonchev–Trinajstić information content (AvgIpc) is 3.03. The van der Waals surface area contributed by atoms with Gasteiger partial charge in [-0.2, -0.15) is 0 Å². The van der Waals surface area contributed by atoms with E-state index in [1.165, 1.54) is 16.2 Å². The molecular formula is C23H22N4O2S2. The normalized spacial score (nSPS) is 16.4. The molecule has 0 radical (unpaired) electrons. The van der Waals surface area contributed by atoms with Gasteiger partial charge in [0.05, 0.1) is 16.5 Å². The second-order valence-electron chi connectivity index (χ2n) is 7.57. The van der Waals surface area contributed by atoms with Gasteiger partial charge in [-0.3, -0.25) is 18.9 Å². The highest BCUT2D eigenvalue weighted by Gasteiger charge is 2.36. The number of hydrogen-bond acceptors (Lipinski definition) is 6. The molecule has 31 heavy (non-hydrogen) atoms. The maximum absolute atomic E-state index is 13.3. The molecule has 0 N–H and O–H groups in total. The zero-order valence-electron chi connectivity index (χ0n) is 17.7. The molecule has 4 rings (SSSR count). The fourth-order valence-corrected chi connectivity index (χ4v) is 4.99. The number of aryl methyl sites for hydroxylation is 1. The summed E-state index contributed by atoms with van der Waals surface area (Å²) in [6.07, 6.45) is 3.31. The van der Waals surface area contributed by atoms with E-state index < -0.39 is 0 Å². The first-order valence-corrected chi connectivity index (χ1v) is 11.0. The lowest BCUT2D eigenvalue weighted by Crippen LogP contribution is -2.31. The molecule has 1 fully saturated rings. The van der Waals surface area contributed by atoms with Gasteiger partial charge >= 0.3 is 0 Å². The standard InChI is InChI=1S/C23H22N4O2S2/c1-14-9-8-12-26-19(14)24-20(25(3)4)17(21(26)28)13-18-22(29)27(23(30)31-18)15(2)16-10-6-5-7-11-16/h5-13,15H,1-4H3. The third kappa shape index (κ3) is 3.77. The summed E-state index contributed by atoms with van der Waals surface area (Å²) in [5.41, 5.74) is 2.63. The van der Waals surface area contributed by atoms with Gasteiger partial charge in [-0.05, 0) is 37.1 Å². The largest absolute Gasteiger partial charge is 0.362 e. The summed E-state index contributed by atoms with van der Waals surface area (Å²) in [7, 11) is 3.66. The van der Waals surface area contributed by atoms with Gasteiger partial charge in [-0.25, -0.2) is 4.98 Å². The molecule has 1 aliphatic rings. The van der Waals surface area contributed by atoms with Crippen LogP contribution in [0.25, 0.3) is 11.7 Å². The van der Waals surface area contributed by atoms with Crippen molar-refractivity contribution in [2.45, 2.75) is 19.9 Å². The van der Waals surface area contributed by atoms with Crippen LogP contribution in [-0.2, 0) is 4.79 Å². The molecule has 1 atom stereocenters. The van der Waals surface area contributed by atoms with Crippen molar-refractivity contribution >= 4 is 51.7 Å². The molecule has 6 nitrogen and oxygen atoms in total. The Kier molecular flexibility index (Phi) is 5.68. The van der Waals surface area contributed by atoms with Crippen LogP contribution in [0.5, 0.6) is 0 Å². The summed E-state index contributed by atoms with van der Waals surface area (Å²) in [6.45, 7) is 3.86. The van der Waals surface area contributed by atoms with Crippen LogP contribution in [0.2, 0.25) is 0 Å². The van der Waals surface area contributed by atoms with Gasteiger partial charge in [0, 0.05) is 20.3 Å². The number of rotatable bonds is 4. The molecule has 8 heteroatoms. The molecule has 0 saturated carbocycles. The molecule has 3 heterocycles. The van der Waals surface area contributed by atoms with Crippen LogP contribution < -0.4 is 10.5 Å². The molecule has 1 aliphatic heterocycles. The number of benzene rings is 1. The first kappa shape index (κ1) is 21.3. The lowest BCUT2D eigenvalue weighted by atomic mass is 10.1. The van der Waals surface area contributed by atoms with Gasteiger partial charge in [-0.15, -0.1) is 0 Å². The Morgan fingerprint density at radius 1 is 1.13 bits per heavy atom. The minimum absolute atomic E-state index is 0.202. The highest BCUT2D eigenvalue weighted by molar-refractivity contribution is 8.26. The van der Waals surface area contributed by atoms with E-state index >= 15 is 0 Å². The number of pyridine rings is 1. The smallest absolute Gasteiger partial charge is 0.267 e. The van der Waals surface area contributed by atoms with Crippen LogP contribution in [0.4, 0.5) is 5.82 Å². The highest BCUT2D eigenvalue weighted by Crippen LogP contribution is 2.38. The molecule has 2 aromatic heterocycles. The molecule has 158 valence electrons. The van der Waals surface area contributed by atoms with E-state index in [2.05, 4.69) is 0 Å². The van der Waals surface area contributed by atoms with Crippen molar-refractivity contribution < 1.29 is 4.79 Å². The summed E-state index contributed by atoms with van der Waals surface area (Å²) in [6, 6.07) is 13.3. The third-order valence-electron chi connectivity index (χ3n) is 5.26. The topological polar surface area (TPSA) is 57.9 Å². The van der Waals surface area contributed by atoms with Crippen molar-refractivity contribution in [1.82, 2.24) is 14.3 Å². The summed E-state index contributed by atoms with van der Waals surface area (Å²) in [5, 5.41) is 0. The Hall–Kier alpha value is -2.97. The lowest BCUT2D eigenvalue weighted by molar-refractivity contribution is -0.123. The first-order chi connectivity index (χ1) is 14.8. The third-order valence-corrected chi connectivity index (χ3v) is 6.59. The molecular weight excluding hydrogens is 428 g/mol. The fourth-order valence-electron chi connectivity index (χ4n) is 3.59. The molecule has 1 saturated heterocycles. The second kappa shape index (κ2) is 8.28. The van der Waals surface area contributed by atoms with Gasteiger partial charge < -0.3 is 4.90 Å². The lowest BCUT2D eigenvalue weighted by Gasteiger charge is -2.23. The molecule has 0 bridgehead atoms. The van der Waals surface area contributed by atoms with Crippen molar-refractivity contribution in [3.05, 3.63) is 80.6 Å². The predicted molar refractivity (Wildman–Crippen MR) is 130 cm³/mol. The number of carbonyl (C=O) groups excluding carboxylic acids is 1. The van der Waals surface area contributed by atoms with E-state index in [4.69, 9.17) is 17.2 Å². The number of carbonyl (C=O) groups is 1. The first-order valence-electron chi connectivity index (χ1n) is 9.81. The van der Waals surface area contributed by atoms with Gasteiger partial charge in [0.2, 0.25) is 0 Å². The Labute approximate surface area is 190 Å². The Balaban J connectivity index is 1.81. The maximum Gasteiger partial charge on any atom is 0.267 e. The molecule has 0 spiro atoms. The molecule has 1 unspecified atom stereocenters. The van der Waals surface area contributed by atoms with Crippen molar-refractivity contribution in [2.24, 2.45) is 0 Å². The number of fused-ring (bicyclic) bond motifs is 1. The van der Waals surface area contributed by atoms with Crippen molar-refractivity contribution in [3.8, 4) is 0 Å². The van der Waals surface area contributed by atoms with E-state index in [9.17, 15) is 9.59 Å². The minimum atomic E-state index is -0.223. The number of amides is 1. The fraction of sp³-hybridized carbons (Fsp3) is 0.217. The zero-order chi connectivity index (χ0) is 22.3. The van der Waals surface area contributed by atoms with Crippen molar-refractivity contribution in [2.75, 3.05) is 19.0 Å². The van der Waals surface area contributed by atoms with E-state index in [0.29, 0.717) is 26.3 Å². The second-order valence-corrected chi connectivity index (χ2v) is 9.25. The number of nitrogens with zero attached hydrogens (tertiary/aromatic N) is 4. The molecule has 1 amide bonds. The maximum atomic E-state index is 13.3. The van der Waals surface area contributed by atoms with Gasteiger partial charge in [0.25, 0.3) is 11.5 Å². The number of thiocarbonyl (C=S) groups is 1. The van der Waals surface area contributed by atoms with Crippen molar-refractivity contribution in [1.29, 1.82) is 0 Å². The number of anilines is 1. The summed E-state index contributed by atoms with van der Waals surface area (Å²) >= 11 is 6.73. The zero-order valence-corrected chi connectivity index (χ0v) is 19.3. The number of hydrogen-bond donors (Lipinski definition) is 0. The molecule has 0 aliphatic carbocycles. The van der Waals surface area contributed by atoms with Crippen LogP contribution in [0.15, 0.2) is 58.4 Å². The van der Waals surface area contributed by atoms with Crippen LogP contribution in [-0.4, -0.2) is 38.6 Å². The van der Waals surface area contributed by atoms with Gasteiger partial charge in [0.15, 0.2) is 0 Å². The summed E-state index contributed by atoms with van der Waals surface area (Å²) < 4.78 is 1.99. The summed E-state index contributed by atoms with van der Waals surface area (Å²) in [4.78, 5) is 35.1. The molecule has 3 aromatic rings. The minimum Gasteiger partial charge on any atom is -0.362 e. The van der Waals surface area contributed by atoms with Gasteiger partial charge in [-0.1, -0.05) is 60.4 Å². The Morgan fingerprint density at radius 3 is 2.52 bits per heavy atom. The molecule has 1 aromatic carbocycles. The number of thioether (sulfide) groups is 1. The van der Waals surface area contributed by atoms with Gasteiger partial charge in [0.1, 0.15) is 15.8 Å². The van der Waals surface area contributed by atoms with E-state index in [-0.39, 0.29) is 17.5 Å². The Bertz CT molecular complexity index is 1280. The predicted octanol–water partition coefficient (Wildman–Crippen LogP) is 4.03. The highest BCUT2D eigenvalue weighted by atomic mass is 32.2. The number of aromatic nitrogens is 2. The van der Waals surface area contributed by atoms with Crippen molar-refractivity contribution in [3.63, 3.8) is 0 Å². The van der Waals surface area contributed by atoms with E-state index in [1.54, 1.807) is 22.1 Å². The van der Waals surface area contributed by atoms with E-state index in [0.717, 1.165) is 11.1 Å². The quantitative estimate of drug-likeness (QED) is 0.442. The van der Waals surface area contributed by atoms with Crippen LogP contribution in [0, 0.1) is 6.92 Å². The SMILES string of the molecule is Cc1cccn2c(=O)c(C=C3SC(=S)N(C(C)c4ccccc4)C3=O)c(N(C)C)nc12. The van der Waals surface area contributed by atoms with Crippen LogP contribution in [0.3, 0.4) is 0 Å². The van der Waals surface area contributed by atoms with Crippen LogP contribution >= 0.6 is 24.0 Å². The van der Waals surface area contributed by atoms with Crippen LogP contribution in [0.1, 0.15) is 29.7 Å².